The highest BCUT2D eigenvalue weighted by atomic mass is 16.5. The molecule has 2 saturated carbocycles. The summed E-state index contributed by atoms with van der Waals surface area (Å²) in [4.78, 5) is 11.9. The number of rotatable bonds is 9. The van der Waals surface area contributed by atoms with Gasteiger partial charge in [0.1, 0.15) is 6.10 Å². The average Bonchev–Trinajstić information content (AvgIpc) is 2.57. The van der Waals surface area contributed by atoms with E-state index in [1.54, 1.807) is 0 Å². The summed E-state index contributed by atoms with van der Waals surface area (Å²) < 4.78 is 5.61. The van der Waals surface area contributed by atoms with Crippen molar-refractivity contribution in [3.05, 3.63) is 0 Å². The van der Waals surface area contributed by atoms with Gasteiger partial charge in [0, 0.05) is 6.42 Å². The minimum atomic E-state index is 0.0603. The Bertz CT molecular complexity index is 312. The highest BCUT2D eigenvalue weighted by Gasteiger charge is 2.21. The smallest absolute Gasteiger partial charge is 0.306 e. The zero-order chi connectivity index (χ0) is 16.3. The van der Waals surface area contributed by atoms with E-state index in [9.17, 15) is 4.79 Å². The van der Waals surface area contributed by atoms with Crippen molar-refractivity contribution in [2.45, 2.75) is 116 Å². The van der Waals surface area contributed by atoms with Gasteiger partial charge < -0.3 is 4.74 Å². The SMILES string of the molecule is CCCCCC1CCC(CCCC(=O)OC2CCCCC2)CC1. The Morgan fingerprint density at radius 1 is 0.826 bits per heavy atom. The highest BCUT2D eigenvalue weighted by Crippen LogP contribution is 2.34. The lowest BCUT2D eigenvalue weighted by Gasteiger charge is -2.28. The van der Waals surface area contributed by atoms with E-state index in [1.807, 2.05) is 0 Å². The van der Waals surface area contributed by atoms with Crippen molar-refractivity contribution in [2.75, 3.05) is 0 Å². The second-order valence-corrected chi connectivity index (χ2v) is 8.02. The molecule has 23 heavy (non-hydrogen) atoms. The molecular formula is C21H38O2. The Hall–Kier alpha value is -0.530. The van der Waals surface area contributed by atoms with Crippen LogP contribution >= 0.6 is 0 Å². The molecule has 2 fully saturated rings. The van der Waals surface area contributed by atoms with E-state index in [2.05, 4.69) is 6.92 Å². The monoisotopic (exact) mass is 322 g/mol. The summed E-state index contributed by atoms with van der Waals surface area (Å²) in [7, 11) is 0. The molecule has 0 bridgehead atoms. The number of hydrogen-bond donors (Lipinski definition) is 0. The zero-order valence-electron chi connectivity index (χ0n) is 15.4. The van der Waals surface area contributed by atoms with E-state index < -0.39 is 0 Å². The van der Waals surface area contributed by atoms with Crippen LogP contribution in [0, 0.1) is 11.8 Å². The van der Waals surface area contributed by atoms with E-state index >= 15 is 0 Å². The number of unbranched alkanes of at least 4 members (excludes halogenated alkanes) is 2. The van der Waals surface area contributed by atoms with Crippen LogP contribution < -0.4 is 0 Å². The molecule has 0 saturated heterocycles. The molecule has 0 spiro atoms. The van der Waals surface area contributed by atoms with Gasteiger partial charge in [-0.3, -0.25) is 4.79 Å². The lowest BCUT2D eigenvalue weighted by Crippen LogP contribution is -2.21. The van der Waals surface area contributed by atoms with Crippen LogP contribution in [0.25, 0.3) is 0 Å². The molecule has 0 radical (unpaired) electrons. The Morgan fingerprint density at radius 2 is 1.43 bits per heavy atom. The first kappa shape index (κ1) is 18.8. The van der Waals surface area contributed by atoms with E-state index in [0.717, 1.165) is 31.1 Å². The summed E-state index contributed by atoms with van der Waals surface area (Å²) in [5.74, 6) is 1.93. The molecule has 0 unspecified atom stereocenters. The third kappa shape index (κ3) is 7.72. The zero-order valence-corrected chi connectivity index (χ0v) is 15.4. The number of hydrogen-bond acceptors (Lipinski definition) is 2. The molecule has 0 heterocycles. The van der Waals surface area contributed by atoms with Gasteiger partial charge in [-0.2, -0.15) is 0 Å². The Labute approximate surface area is 143 Å². The molecule has 2 aliphatic carbocycles. The quantitative estimate of drug-likeness (QED) is 0.361. The first-order chi connectivity index (χ1) is 11.3. The van der Waals surface area contributed by atoms with Gasteiger partial charge in [-0.25, -0.2) is 0 Å². The van der Waals surface area contributed by atoms with Crippen LogP contribution in [-0.2, 0) is 9.53 Å². The van der Waals surface area contributed by atoms with Gasteiger partial charge in [0.15, 0.2) is 0 Å². The average molecular weight is 323 g/mol. The molecule has 0 atom stereocenters. The second-order valence-electron chi connectivity index (χ2n) is 8.02. The van der Waals surface area contributed by atoms with Crippen molar-refractivity contribution in [1.82, 2.24) is 0 Å². The van der Waals surface area contributed by atoms with E-state index in [0.29, 0.717) is 6.42 Å². The van der Waals surface area contributed by atoms with Crippen LogP contribution in [0.2, 0.25) is 0 Å². The maximum Gasteiger partial charge on any atom is 0.306 e. The lowest BCUT2D eigenvalue weighted by atomic mass is 9.78. The van der Waals surface area contributed by atoms with Crippen LogP contribution in [0.15, 0.2) is 0 Å². The minimum Gasteiger partial charge on any atom is -0.462 e. The molecule has 2 nitrogen and oxygen atoms in total. The number of carbonyl (C=O) groups is 1. The molecule has 2 heteroatoms. The normalized spacial score (nSPS) is 26.1. The molecule has 0 aliphatic heterocycles. The van der Waals surface area contributed by atoms with Crippen molar-refractivity contribution in [3.63, 3.8) is 0 Å². The first-order valence-electron chi connectivity index (χ1n) is 10.5. The predicted molar refractivity (Wildman–Crippen MR) is 96.4 cm³/mol. The maximum atomic E-state index is 11.9. The van der Waals surface area contributed by atoms with Crippen molar-refractivity contribution >= 4 is 5.97 Å². The van der Waals surface area contributed by atoms with Crippen molar-refractivity contribution in [1.29, 1.82) is 0 Å². The maximum absolute atomic E-state index is 11.9. The molecule has 2 aliphatic rings. The van der Waals surface area contributed by atoms with Crippen molar-refractivity contribution < 1.29 is 9.53 Å². The molecule has 0 aromatic heterocycles. The van der Waals surface area contributed by atoms with Crippen molar-refractivity contribution in [2.24, 2.45) is 11.8 Å². The van der Waals surface area contributed by atoms with Gasteiger partial charge in [0.2, 0.25) is 0 Å². The molecular weight excluding hydrogens is 284 g/mol. The third-order valence-corrected chi connectivity index (χ3v) is 6.03. The predicted octanol–water partition coefficient (Wildman–Crippen LogP) is 6.42. The Balaban J connectivity index is 1.49. The van der Waals surface area contributed by atoms with Gasteiger partial charge in [-0.15, -0.1) is 0 Å². The first-order valence-corrected chi connectivity index (χ1v) is 10.5. The largest absolute Gasteiger partial charge is 0.462 e. The third-order valence-electron chi connectivity index (χ3n) is 6.03. The molecule has 0 amide bonds. The van der Waals surface area contributed by atoms with Crippen LogP contribution in [0.3, 0.4) is 0 Å². The van der Waals surface area contributed by atoms with E-state index in [4.69, 9.17) is 4.74 Å². The fourth-order valence-corrected chi connectivity index (χ4v) is 4.45. The van der Waals surface area contributed by atoms with Gasteiger partial charge in [0.05, 0.1) is 0 Å². The van der Waals surface area contributed by atoms with E-state index in [-0.39, 0.29) is 12.1 Å². The lowest BCUT2D eigenvalue weighted by molar-refractivity contribution is -0.150. The Kier molecular flexibility index (Phi) is 9.07. The minimum absolute atomic E-state index is 0.0603. The number of carbonyl (C=O) groups excluding carboxylic acids is 1. The van der Waals surface area contributed by atoms with Crippen molar-refractivity contribution in [3.8, 4) is 0 Å². The van der Waals surface area contributed by atoms with Gasteiger partial charge >= 0.3 is 5.97 Å². The summed E-state index contributed by atoms with van der Waals surface area (Å²) in [5.41, 5.74) is 0. The Morgan fingerprint density at radius 3 is 2.04 bits per heavy atom. The van der Waals surface area contributed by atoms with Gasteiger partial charge in [-0.1, -0.05) is 64.7 Å². The molecule has 0 aromatic rings. The summed E-state index contributed by atoms with van der Waals surface area (Å²) in [6, 6.07) is 0. The topological polar surface area (TPSA) is 26.3 Å². The molecule has 134 valence electrons. The van der Waals surface area contributed by atoms with Crippen LogP contribution in [0.4, 0.5) is 0 Å². The van der Waals surface area contributed by atoms with E-state index in [1.165, 1.54) is 77.0 Å². The number of esters is 1. The summed E-state index contributed by atoms with van der Waals surface area (Å²) in [5, 5.41) is 0. The molecule has 0 aromatic carbocycles. The van der Waals surface area contributed by atoms with Crippen LogP contribution in [-0.4, -0.2) is 12.1 Å². The summed E-state index contributed by atoms with van der Waals surface area (Å²) in [6.07, 6.45) is 20.4. The highest BCUT2D eigenvalue weighted by molar-refractivity contribution is 5.69. The fraction of sp³-hybridized carbons (Fsp3) is 0.952. The molecule has 0 N–H and O–H groups in total. The van der Waals surface area contributed by atoms with Gasteiger partial charge in [-0.05, 0) is 50.4 Å². The molecule has 2 rings (SSSR count). The summed E-state index contributed by atoms with van der Waals surface area (Å²) >= 11 is 0. The van der Waals surface area contributed by atoms with Crippen LogP contribution in [0.1, 0.15) is 110 Å². The number of ether oxygens (including phenoxy) is 1. The second kappa shape index (κ2) is 11.1. The van der Waals surface area contributed by atoms with Gasteiger partial charge in [0.25, 0.3) is 0 Å². The fourth-order valence-electron chi connectivity index (χ4n) is 4.45. The van der Waals surface area contributed by atoms with Crippen LogP contribution in [0.5, 0.6) is 0 Å². The standard InChI is InChI=1S/C21H38O2/c1-2-3-5-9-18-14-16-19(17-15-18)10-8-13-21(22)23-20-11-6-4-7-12-20/h18-20H,2-17H2,1H3. The summed E-state index contributed by atoms with van der Waals surface area (Å²) in [6.45, 7) is 2.29.